The molecule has 0 radical (unpaired) electrons. The van der Waals surface area contributed by atoms with Gasteiger partial charge in [-0.1, -0.05) is 0 Å². The van der Waals surface area contributed by atoms with Crippen LogP contribution in [0.25, 0.3) is 16.9 Å². The third-order valence-corrected chi connectivity index (χ3v) is 8.31. The highest BCUT2D eigenvalue weighted by Crippen LogP contribution is 2.38. The summed E-state index contributed by atoms with van der Waals surface area (Å²) in [6.45, 7) is 7.32. The number of fused-ring (bicyclic) bond motifs is 1. The van der Waals surface area contributed by atoms with Gasteiger partial charge < -0.3 is 14.4 Å². The van der Waals surface area contributed by atoms with E-state index in [2.05, 4.69) is 30.0 Å². The molecule has 12 nitrogen and oxygen atoms in total. The van der Waals surface area contributed by atoms with Crippen molar-refractivity contribution in [2.45, 2.75) is 19.6 Å². The van der Waals surface area contributed by atoms with E-state index in [0.29, 0.717) is 57.3 Å². The molecule has 2 aliphatic heterocycles. The number of methoxy groups -OCH3 is 1. The predicted octanol–water partition coefficient (Wildman–Crippen LogP) is 2.54. The summed E-state index contributed by atoms with van der Waals surface area (Å²) in [5.41, 5.74) is 1.08. The SMILES string of the molecule is COC(=O)Nc1cc(C(F)(F)F)c(-c2nc(N3CCOCC3)c3cc(CN4CCN(S(C)=O)CC4)c(C)n3n2)cn1. The molecule has 1 unspecified atom stereocenters. The lowest BCUT2D eigenvalue weighted by atomic mass is 10.1. The van der Waals surface area contributed by atoms with E-state index in [1.807, 2.05) is 22.2 Å². The maximum atomic E-state index is 14.2. The number of aromatic nitrogens is 4. The number of carbonyl (C=O) groups excluding carboxylic acids is 1. The Kier molecular flexibility index (Phi) is 8.45. The van der Waals surface area contributed by atoms with Crippen molar-refractivity contribution in [3.05, 3.63) is 35.2 Å². The smallest absolute Gasteiger partial charge is 0.417 e. The summed E-state index contributed by atoms with van der Waals surface area (Å²) in [5.74, 6) is 0.0466. The molecule has 5 heterocycles. The molecule has 3 aromatic heterocycles. The van der Waals surface area contributed by atoms with Gasteiger partial charge in [-0.3, -0.25) is 10.2 Å². The fourth-order valence-electron chi connectivity index (χ4n) is 4.97. The first kappa shape index (κ1) is 29.2. The van der Waals surface area contributed by atoms with Crippen LogP contribution in [0.15, 0.2) is 18.3 Å². The summed E-state index contributed by atoms with van der Waals surface area (Å²) in [5, 5.41) is 6.73. The Morgan fingerprint density at radius 3 is 2.49 bits per heavy atom. The number of morpholine rings is 1. The highest BCUT2D eigenvalue weighted by atomic mass is 32.2. The molecule has 1 N–H and O–H groups in total. The second kappa shape index (κ2) is 11.9. The molecule has 2 saturated heterocycles. The van der Waals surface area contributed by atoms with Crippen molar-refractivity contribution < 1.29 is 31.6 Å². The van der Waals surface area contributed by atoms with E-state index in [4.69, 9.17) is 4.74 Å². The molecule has 0 spiro atoms. The van der Waals surface area contributed by atoms with Crippen molar-refractivity contribution >= 4 is 34.2 Å². The molecule has 0 saturated carbocycles. The quantitative estimate of drug-likeness (QED) is 0.458. The Morgan fingerprint density at radius 1 is 1.15 bits per heavy atom. The Bertz CT molecular complexity index is 1450. The Labute approximate surface area is 237 Å². The van der Waals surface area contributed by atoms with Gasteiger partial charge in [-0.25, -0.2) is 27.8 Å². The second-order valence-electron chi connectivity index (χ2n) is 9.77. The normalized spacial score (nSPS) is 18.0. The number of nitrogens with zero attached hydrogens (tertiary/aromatic N) is 7. The maximum Gasteiger partial charge on any atom is 0.417 e. The number of alkyl halides is 3. The number of amides is 1. The maximum absolute atomic E-state index is 14.2. The summed E-state index contributed by atoms with van der Waals surface area (Å²) >= 11 is 0. The molecule has 1 amide bonds. The van der Waals surface area contributed by atoms with Crippen LogP contribution < -0.4 is 10.2 Å². The summed E-state index contributed by atoms with van der Waals surface area (Å²) < 4.78 is 68.1. The molecular weight excluding hydrogens is 565 g/mol. The number of nitrogens with one attached hydrogen (secondary N) is 1. The fourth-order valence-corrected chi connectivity index (χ4v) is 5.65. The van der Waals surface area contributed by atoms with Crippen LogP contribution in [0.1, 0.15) is 16.8 Å². The molecule has 1 atom stereocenters. The number of ether oxygens (including phenoxy) is 2. The van der Waals surface area contributed by atoms with E-state index in [0.717, 1.165) is 43.7 Å². The van der Waals surface area contributed by atoms with Gasteiger partial charge in [0, 0.05) is 64.0 Å². The minimum absolute atomic E-state index is 0.146. The number of hydrogen-bond donors (Lipinski definition) is 1. The van der Waals surface area contributed by atoms with Gasteiger partial charge in [-0.2, -0.15) is 13.2 Å². The zero-order valence-corrected chi connectivity index (χ0v) is 23.7. The van der Waals surface area contributed by atoms with E-state index in [1.165, 1.54) is 0 Å². The van der Waals surface area contributed by atoms with E-state index in [-0.39, 0.29) is 17.2 Å². The van der Waals surface area contributed by atoms with E-state index >= 15 is 0 Å². The zero-order chi connectivity index (χ0) is 29.3. The van der Waals surface area contributed by atoms with Crippen molar-refractivity contribution in [2.24, 2.45) is 0 Å². The van der Waals surface area contributed by atoms with Crippen LogP contribution in [-0.2, 0) is 33.2 Å². The summed E-state index contributed by atoms with van der Waals surface area (Å²) in [7, 11) is 0.0883. The molecule has 2 fully saturated rings. The number of anilines is 2. The third kappa shape index (κ3) is 6.29. The standard InChI is InChI=1S/C25H31F3N8O4S/c1-16-17(15-33-4-6-35(7-5-33)41(3)38)12-20-23(34-8-10-40-11-9-34)31-22(32-36(16)20)18-14-29-21(30-24(37)39-2)13-19(18)25(26,27)28/h12-14H,4-11,15H2,1-3H3,(H,29,30,37). The largest absolute Gasteiger partial charge is 0.453 e. The van der Waals surface area contributed by atoms with Crippen LogP contribution in [0.4, 0.5) is 29.6 Å². The lowest BCUT2D eigenvalue weighted by Crippen LogP contribution is -2.46. The first-order valence-electron chi connectivity index (χ1n) is 13.0. The monoisotopic (exact) mass is 596 g/mol. The van der Waals surface area contributed by atoms with Crippen LogP contribution in [0.5, 0.6) is 0 Å². The van der Waals surface area contributed by atoms with E-state index < -0.39 is 28.8 Å². The van der Waals surface area contributed by atoms with Crippen molar-refractivity contribution in [3.63, 3.8) is 0 Å². The van der Waals surface area contributed by atoms with Gasteiger partial charge in [-0.15, -0.1) is 5.10 Å². The van der Waals surface area contributed by atoms with Crippen LogP contribution in [-0.4, -0.2) is 105 Å². The molecule has 41 heavy (non-hydrogen) atoms. The predicted molar refractivity (Wildman–Crippen MR) is 146 cm³/mol. The summed E-state index contributed by atoms with van der Waals surface area (Å²) in [4.78, 5) is 24.4. The highest BCUT2D eigenvalue weighted by molar-refractivity contribution is 7.81. The van der Waals surface area contributed by atoms with Gasteiger partial charge in [0.15, 0.2) is 11.6 Å². The van der Waals surface area contributed by atoms with Gasteiger partial charge in [0.1, 0.15) is 11.3 Å². The third-order valence-electron chi connectivity index (χ3n) is 7.22. The molecule has 16 heteroatoms. The molecule has 222 valence electrons. The van der Waals surface area contributed by atoms with Gasteiger partial charge >= 0.3 is 12.3 Å². The lowest BCUT2D eigenvalue weighted by molar-refractivity contribution is -0.137. The van der Waals surface area contributed by atoms with Gasteiger partial charge in [0.2, 0.25) is 0 Å². The number of piperazine rings is 1. The first-order valence-corrected chi connectivity index (χ1v) is 14.5. The van der Waals surface area contributed by atoms with Gasteiger partial charge in [-0.05, 0) is 24.6 Å². The Morgan fingerprint density at radius 2 is 1.85 bits per heavy atom. The van der Waals surface area contributed by atoms with Crippen LogP contribution >= 0.6 is 0 Å². The highest BCUT2D eigenvalue weighted by Gasteiger charge is 2.36. The molecule has 0 aliphatic carbocycles. The molecule has 2 aliphatic rings. The molecule has 5 rings (SSSR count). The average Bonchev–Trinajstić information content (AvgIpc) is 3.27. The molecule has 3 aromatic rings. The molecule has 0 bridgehead atoms. The number of halogens is 3. The molecule has 0 aromatic carbocycles. The second-order valence-corrected chi connectivity index (χ2v) is 11.1. The van der Waals surface area contributed by atoms with Crippen molar-refractivity contribution in [2.75, 3.05) is 76.1 Å². The van der Waals surface area contributed by atoms with Crippen molar-refractivity contribution in [3.8, 4) is 11.4 Å². The van der Waals surface area contributed by atoms with Gasteiger partial charge in [0.25, 0.3) is 0 Å². The van der Waals surface area contributed by atoms with E-state index in [1.54, 1.807) is 10.8 Å². The fraction of sp³-hybridized carbons (Fsp3) is 0.520. The number of hydrogen-bond acceptors (Lipinski definition) is 9. The number of pyridine rings is 1. The summed E-state index contributed by atoms with van der Waals surface area (Å²) in [6, 6.07) is 2.73. The van der Waals surface area contributed by atoms with Crippen LogP contribution in [0.2, 0.25) is 0 Å². The number of aryl methyl sites for hydroxylation is 1. The summed E-state index contributed by atoms with van der Waals surface area (Å²) in [6.07, 6.45) is -3.03. The number of rotatable bonds is 6. The van der Waals surface area contributed by atoms with Crippen LogP contribution in [0.3, 0.4) is 0 Å². The van der Waals surface area contributed by atoms with Crippen molar-refractivity contribution in [1.29, 1.82) is 0 Å². The lowest BCUT2D eigenvalue weighted by Gasteiger charge is -2.32. The number of carbonyl (C=O) groups is 1. The Hall–Kier alpha value is -3.34. The Balaban J connectivity index is 1.57. The minimum Gasteiger partial charge on any atom is -0.453 e. The van der Waals surface area contributed by atoms with E-state index in [9.17, 15) is 22.2 Å². The van der Waals surface area contributed by atoms with Gasteiger partial charge in [0.05, 0.1) is 42.4 Å². The average molecular weight is 597 g/mol. The first-order chi connectivity index (χ1) is 19.5. The van der Waals surface area contributed by atoms with Crippen molar-refractivity contribution in [1.82, 2.24) is 28.8 Å². The zero-order valence-electron chi connectivity index (χ0n) is 22.9. The molecular formula is C25H31F3N8O4S. The van der Waals surface area contributed by atoms with Crippen LogP contribution in [0, 0.1) is 6.92 Å². The topological polar surface area (TPSA) is 117 Å². The minimum atomic E-state index is -4.77.